The number of thiocarbonyl (C=S) groups is 1. The van der Waals surface area contributed by atoms with E-state index in [1.807, 2.05) is 0 Å². The molecule has 0 aliphatic rings. The first-order valence-corrected chi connectivity index (χ1v) is 8.23. The molecule has 0 bridgehead atoms. The van der Waals surface area contributed by atoms with Crippen LogP contribution in [0.2, 0.25) is 0 Å². The second-order valence-electron chi connectivity index (χ2n) is 3.17. The molecule has 0 aromatic rings. The van der Waals surface area contributed by atoms with Gasteiger partial charge >= 0.3 is 0 Å². The van der Waals surface area contributed by atoms with Crippen LogP contribution >= 0.6 is 33.8 Å². The summed E-state index contributed by atoms with van der Waals surface area (Å²) in [5.41, 5.74) is 0. The maximum absolute atomic E-state index is 5.36. The molecule has 0 saturated heterocycles. The highest BCUT2D eigenvalue weighted by Crippen LogP contribution is 2.33. The normalized spacial score (nSPS) is 10.0. The Morgan fingerprint density at radius 1 is 0.938 bits per heavy atom. The minimum absolute atomic E-state index is 0.948. The number of nitrogens with zero attached hydrogens (tertiary/aromatic N) is 2. The first kappa shape index (κ1) is 16.1. The summed E-state index contributed by atoms with van der Waals surface area (Å²) in [6.45, 7) is 16.6. The van der Waals surface area contributed by atoms with E-state index in [0.29, 0.717) is 0 Å². The molecule has 94 valence electrons. The first-order valence-electron chi connectivity index (χ1n) is 5.67. The molecule has 0 amide bonds. The largest absolute Gasteiger partial charge is 0.367 e. The molecular weight excluding hydrogens is 256 g/mol. The summed E-state index contributed by atoms with van der Waals surface area (Å²) < 4.78 is 0.948. The van der Waals surface area contributed by atoms with E-state index < -0.39 is 0 Å². The van der Waals surface area contributed by atoms with E-state index in [1.165, 1.54) is 0 Å². The molecule has 0 radical (unpaired) electrons. The monoisotopic (exact) mass is 278 g/mol. The molecule has 0 spiro atoms. The average molecular weight is 279 g/mol. The van der Waals surface area contributed by atoms with Crippen molar-refractivity contribution < 1.29 is 0 Å². The third-order valence-corrected chi connectivity index (χ3v) is 5.41. The molecule has 0 aromatic carbocycles. The lowest BCUT2D eigenvalue weighted by Crippen LogP contribution is -2.26. The van der Waals surface area contributed by atoms with Crippen molar-refractivity contribution in [3.63, 3.8) is 0 Å². The Morgan fingerprint density at radius 3 is 1.75 bits per heavy atom. The molecule has 0 aliphatic heterocycles. The molecule has 0 unspecified atom stereocenters. The zero-order valence-corrected chi connectivity index (χ0v) is 13.1. The predicted molar refractivity (Wildman–Crippen MR) is 82.8 cm³/mol. The Hall–Kier alpha value is 0.130. The van der Waals surface area contributed by atoms with E-state index in [-0.39, 0.29) is 0 Å². The maximum atomic E-state index is 5.36. The van der Waals surface area contributed by atoms with Crippen LogP contribution in [0.4, 0.5) is 0 Å². The van der Waals surface area contributed by atoms with Gasteiger partial charge in [-0.1, -0.05) is 18.8 Å². The van der Waals surface area contributed by atoms with Gasteiger partial charge in [-0.05, 0) is 49.3 Å². The van der Waals surface area contributed by atoms with E-state index >= 15 is 0 Å². The average Bonchev–Trinajstić information content (AvgIpc) is 2.29. The summed E-state index contributed by atoms with van der Waals surface area (Å²) in [5, 5.41) is 1.09. The molecule has 0 N–H and O–H groups in total. The van der Waals surface area contributed by atoms with Gasteiger partial charge in [0.25, 0.3) is 0 Å². The highest BCUT2D eigenvalue weighted by atomic mass is 33.1. The van der Waals surface area contributed by atoms with Crippen molar-refractivity contribution in [1.82, 2.24) is 9.80 Å². The van der Waals surface area contributed by atoms with Gasteiger partial charge in [0.15, 0.2) is 0 Å². The maximum Gasteiger partial charge on any atom is 0.147 e. The molecule has 0 fully saturated rings. The fraction of sp³-hybridized carbons (Fsp3) is 0.727. The lowest BCUT2D eigenvalue weighted by molar-refractivity contribution is 0.411. The molecule has 0 heterocycles. The van der Waals surface area contributed by atoms with Gasteiger partial charge < -0.3 is 9.80 Å². The Kier molecular flexibility index (Phi) is 9.26. The minimum atomic E-state index is 0.948. The summed E-state index contributed by atoms with van der Waals surface area (Å²) >= 11 is 5.36. The van der Waals surface area contributed by atoms with Crippen molar-refractivity contribution in [3.8, 4) is 0 Å². The van der Waals surface area contributed by atoms with Crippen LogP contribution in [-0.2, 0) is 0 Å². The lowest BCUT2D eigenvalue weighted by atomic mass is 10.5. The zero-order valence-electron chi connectivity index (χ0n) is 10.7. The van der Waals surface area contributed by atoms with Crippen LogP contribution < -0.4 is 0 Å². The third kappa shape index (κ3) is 5.46. The summed E-state index contributed by atoms with van der Waals surface area (Å²) in [6.07, 6.45) is 0. The van der Waals surface area contributed by atoms with E-state index in [2.05, 4.69) is 44.1 Å². The van der Waals surface area contributed by atoms with Gasteiger partial charge in [0, 0.05) is 26.2 Å². The van der Waals surface area contributed by atoms with Crippen LogP contribution in [0.15, 0.2) is 11.6 Å². The van der Waals surface area contributed by atoms with Gasteiger partial charge in [0.2, 0.25) is 0 Å². The SMILES string of the molecule is C=C(SSC(=S)N(CC)CC)N(CC)CC. The van der Waals surface area contributed by atoms with E-state index in [0.717, 1.165) is 35.5 Å². The zero-order chi connectivity index (χ0) is 12.6. The van der Waals surface area contributed by atoms with Crippen molar-refractivity contribution in [2.24, 2.45) is 0 Å². The van der Waals surface area contributed by atoms with Crippen LogP contribution in [0.25, 0.3) is 0 Å². The van der Waals surface area contributed by atoms with Gasteiger partial charge in [-0.3, -0.25) is 0 Å². The van der Waals surface area contributed by atoms with Crippen LogP contribution in [0.5, 0.6) is 0 Å². The summed E-state index contributed by atoms with van der Waals surface area (Å²) in [4.78, 5) is 4.42. The summed E-state index contributed by atoms with van der Waals surface area (Å²) in [6, 6.07) is 0. The fourth-order valence-corrected chi connectivity index (χ4v) is 3.84. The van der Waals surface area contributed by atoms with Gasteiger partial charge in [-0.25, -0.2) is 0 Å². The van der Waals surface area contributed by atoms with Crippen LogP contribution in [0.3, 0.4) is 0 Å². The quantitative estimate of drug-likeness (QED) is 0.514. The molecule has 0 aromatic heterocycles. The second kappa shape index (κ2) is 9.19. The van der Waals surface area contributed by atoms with Crippen LogP contribution in [-0.4, -0.2) is 40.3 Å². The molecule has 2 nitrogen and oxygen atoms in total. The van der Waals surface area contributed by atoms with Gasteiger partial charge in [0.1, 0.15) is 4.32 Å². The smallest absolute Gasteiger partial charge is 0.147 e. The topological polar surface area (TPSA) is 6.48 Å². The van der Waals surface area contributed by atoms with Crippen LogP contribution in [0, 0.1) is 0 Å². The standard InChI is InChI=1S/C11H22N2S3/c1-6-12(7-2)10(5)15-16-11(14)13(8-3)9-4/h5-9H2,1-4H3. The minimum Gasteiger partial charge on any atom is -0.367 e. The van der Waals surface area contributed by atoms with E-state index in [4.69, 9.17) is 12.2 Å². The van der Waals surface area contributed by atoms with E-state index in [1.54, 1.807) is 21.6 Å². The molecule has 0 saturated carbocycles. The van der Waals surface area contributed by atoms with Crippen molar-refractivity contribution in [2.45, 2.75) is 27.7 Å². The van der Waals surface area contributed by atoms with Crippen molar-refractivity contribution in [1.29, 1.82) is 0 Å². The fourth-order valence-electron chi connectivity index (χ4n) is 1.25. The van der Waals surface area contributed by atoms with Gasteiger partial charge in [-0.2, -0.15) is 0 Å². The number of hydrogen-bond acceptors (Lipinski definition) is 4. The second-order valence-corrected chi connectivity index (χ2v) is 6.01. The van der Waals surface area contributed by atoms with Crippen molar-refractivity contribution >= 4 is 38.1 Å². The number of rotatable bonds is 7. The molecule has 0 atom stereocenters. The predicted octanol–water partition coefficient (Wildman–Crippen LogP) is 3.81. The van der Waals surface area contributed by atoms with Crippen molar-refractivity contribution in [2.75, 3.05) is 26.2 Å². The highest BCUT2D eigenvalue weighted by Gasteiger charge is 2.09. The Bertz CT molecular complexity index is 199. The Morgan fingerprint density at radius 2 is 1.38 bits per heavy atom. The molecule has 0 aliphatic carbocycles. The Balaban J connectivity index is 4.04. The Labute approximate surface area is 113 Å². The summed E-state index contributed by atoms with van der Waals surface area (Å²) in [7, 11) is 3.30. The van der Waals surface area contributed by atoms with E-state index in [9.17, 15) is 0 Å². The molecular formula is C11H22N2S3. The summed E-state index contributed by atoms with van der Waals surface area (Å²) in [5.74, 6) is 0. The van der Waals surface area contributed by atoms with Gasteiger partial charge in [0.05, 0.1) is 5.03 Å². The van der Waals surface area contributed by atoms with Gasteiger partial charge in [-0.15, -0.1) is 0 Å². The molecule has 16 heavy (non-hydrogen) atoms. The third-order valence-electron chi connectivity index (χ3n) is 2.35. The number of hydrogen-bond donors (Lipinski definition) is 0. The lowest BCUT2D eigenvalue weighted by Gasteiger charge is -2.24. The highest BCUT2D eigenvalue weighted by molar-refractivity contribution is 8.84. The molecule has 5 heteroatoms. The van der Waals surface area contributed by atoms with Crippen LogP contribution in [0.1, 0.15) is 27.7 Å². The first-order chi connectivity index (χ1) is 7.60. The molecule has 0 rings (SSSR count). The van der Waals surface area contributed by atoms with Crippen molar-refractivity contribution in [3.05, 3.63) is 11.6 Å².